The zero-order valence-electron chi connectivity index (χ0n) is 11.0. The van der Waals surface area contributed by atoms with Crippen LogP contribution in [0, 0.1) is 6.92 Å². The Labute approximate surface area is 146 Å². The first-order chi connectivity index (χ1) is 9.95. The summed E-state index contributed by atoms with van der Waals surface area (Å²) in [6.07, 6.45) is 0. The van der Waals surface area contributed by atoms with Crippen LogP contribution >= 0.6 is 47.8 Å². The minimum Gasteiger partial charge on any atom is -0.306 e. The molecule has 0 amide bonds. The SMILES string of the molecule is Cc1ccc(C(Br)c2cc3[nH]c(=O)[nH]c3cc2Br)cc1Br. The van der Waals surface area contributed by atoms with Crippen molar-refractivity contribution >= 4 is 58.8 Å². The molecule has 6 heteroatoms. The second-order valence-corrected chi connectivity index (χ2v) is 7.49. The number of aromatic amines is 2. The van der Waals surface area contributed by atoms with Gasteiger partial charge in [-0.2, -0.15) is 0 Å². The lowest BCUT2D eigenvalue weighted by Crippen LogP contribution is -1.99. The first-order valence-corrected chi connectivity index (χ1v) is 8.77. The van der Waals surface area contributed by atoms with E-state index in [2.05, 4.69) is 82.9 Å². The fraction of sp³-hybridized carbons (Fsp3) is 0.133. The lowest BCUT2D eigenvalue weighted by atomic mass is 10.0. The highest BCUT2D eigenvalue weighted by Gasteiger charge is 2.16. The zero-order valence-corrected chi connectivity index (χ0v) is 15.8. The molecule has 0 bridgehead atoms. The minimum absolute atomic E-state index is 0.0339. The van der Waals surface area contributed by atoms with Crippen LogP contribution in [0.15, 0.2) is 44.1 Å². The largest absolute Gasteiger partial charge is 0.323 e. The predicted octanol–water partition coefficient (Wildman–Crippen LogP) is 5.17. The molecule has 0 spiro atoms. The fourth-order valence-electron chi connectivity index (χ4n) is 2.21. The summed E-state index contributed by atoms with van der Waals surface area (Å²) in [6.45, 7) is 2.06. The van der Waals surface area contributed by atoms with Crippen molar-refractivity contribution in [3.63, 3.8) is 0 Å². The molecule has 0 saturated carbocycles. The Bertz CT molecular complexity index is 882. The van der Waals surface area contributed by atoms with Crippen molar-refractivity contribution in [2.24, 2.45) is 0 Å². The minimum atomic E-state index is -0.196. The standard InChI is InChI=1S/C15H11Br3N2O/c1-7-2-3-8(4-10(7)16)14(18)9-5-12-13(6-11(9)17)20-15(21)19-12/h2-6,14H,1H3,(H2,19,20,21). The Balaban J connectivity index is 2.11. The molecule has 1 aromatic heterocycles. The van der Waals surface area contributed by atoms with Crippen LogP contribution in [0.3, 0.4) is 0 Å². The normalized spacial score (nSPS) is 12.8. The van der Waals surface area contributed by atoms with Crippen LogP contribution in [-0.4, -0.2) is 9.97 Å². The molecule has 108 valence electrons. The molecule has 0 fully saturated rings. The number of imidazole rings is 1. The van der Waals surface area contributed by atoms with Crippen molar-refractivity contribution in [3.8, 4) is 0 Å². The van der Waals surface area contributed by atoms with E-state index in [1.165, 1.54) is 5.56 Å². The van der Waals surface area contributed by atoms with Crippen LogP contribution < -0.4 is 5.69 Å². The van der Waals surface area contributed by atoms with Crippen LogP contribution in [-0.2, 0) is 0 Å². The van der Waals surface area contributed by atoms with Gasteiger partial charge in [-0.25, -0.2) is 4.79 Å². The quantitative estimate of drug-likeness (QED) is 0.494. The van der Waals surface area contributed by atoms with E-state index in [4.69, 9.17) is 0 Å². The first kappa shape index (κ1) is 15.1. The Morgan fingerprint density at radius 1 is 1.00 bits per heavy atom. The predicted molar refractivity (Wildman–Crippen MR) is 96.3 cm³/mol. The molecule has 21 heavy (non-hydrogen) atoms. The van der Waals surface area contributed by atoms with E-state index in [1.54, 1.807) is 0 Å². The molecule has 2 aromatic carbocycles. The molecule has 0 aliphatic rings. The summed E-state index contributed by atoms with van der Waals surface area (Å²) < 4.78 is 2.03. The number of halogens is 3. The summed E-state index contributed by atoms with van der Waals surface area (Å²) in [5, 5.41) is 0. The van der Waals surface area contributed by atoms with Crippen molar-refractivity contribution in [2.75, 3.05) is 0 Å². The third-order valence-corrected chi connectivity index (χ3v) is 5.96. The molecule has 2 N–H and O–H groups in total. The molecule has 3 rings (SSSR count). The van der Waals surface area contributed by atoms with Crippen LogP contribution in [0.1, 0.15) is 21.5 Å². The topological polar surface area (TPSA) is 48.6 Å². The molecule has 1 heterocycles. The van der Waals surface area contributed by atoms with Gasteiger partial charge < -0.3 is 9.97 Å². The number of rotatable bonds is 2. The monoisotopic (exact) mass is 472 g/mol. The van der Waals surface area contributed by atoms with Crippen LogP contribution in [0.2, 0.25) is 0 Å². The highest BCUT2D eigenvalue weighted by molar-refractivity contribution is 9.11. The van der Waals surface area contributed by atoms with E-state index in [-0.39, 0.29) is 10.5 Å². The van der Waals surface area contributed by atoms with Crippen LogP contribution in [0.25, 0.3) is 11.0 Å². The van der Waals surface area contributed by atoms with Gasteiger partial charge in [0.2, 0.25) is 0 Å². The average molecular weight is 475 g/mol. The van der Waals surface area contributed by atoms with Gasteiger partial charge in [0.25, 0.3) is 0 Å². The summed E-state index contributed by atoms with van der Waals surface area (Å²) in [5.41, 5.74) is 4.80. The van der Waals surface area contributed by atoms with Crippen LogP contribution in [0.4, 0.5) is 0 Å². The Morgan fingerprint density at radius 3 is 2.33 bits per heavy atom. The average Bonchev–Trinajstić information content (AvgIpc) is 2.79. The molecular formula is C15H11Br3N2O. The van der Waals surface area contributed by atoms with Gasteiger partial charge in [-0.1, -0.05) is 59.9 Å². The summed E-state index contributed by atoms with van der Waals surface area (Å²) in [6, 6.07) is 10.2. The van der Waals surface area contributed by atoms with Gasteiger partial charge in [0.05, 0.1) is 15.9 Å². The van der Waals surface area contributed by atoms with Gasteiger partial charge in [0.15, 0.2) is 0 Å². The van der Waals surface area contributed by atoms with Crippen molar-refractivity contribution < 1.29 is 0 Å². The lowest BCUT2D eigenvalue weighted by Gasteiger charge is -2.14. The number of fused-ring (bicyclic) bond motifs is 1. The van der Waals surface area contributed by atoms with E-state index < -0.39 is 0 Å². The molecule has 1 unspecified atom stereocenters. The highest BCUT2D eigenvalue weighted by Crippen LogP contribution is 2.38. The number of hydrogen-bond acceptors (Lipinski definition) is 1. The summed E-state index contributed by atoms with van der Waals surface area (Å²) >= 11 is 10.9. The number of nitrogens with one attached hydrogen (secondary N) is 2. The first-order valence-electron chi connectivity index (χ1n) is 6.27. The zero-order chi connectivity index (χ0) is 15.1. The second kappa shape index (κ2) is 5.74. The van der Waals surface area contributed by atoms with Crippen molar-refractivity contribution in [3.05, 3.63) is 66.5 Å². The van der Waals surface area contributed by atoms with Crippen LogP contribution in [0.5, 0.6) is 0 Å². The molecule has 0 radical (unpaired) electrons. The number of H-pyrrole nitrogens is 2. The maximum Gasteiger partial charge on any atom is 0.323 e. The maximum absolute atomic E-state index is 11.4. The molecule has 0 saturated heterocycles. The maximum atomic E-state index is 11.4. The van der Waals surface area contributed by atoms with Gasteiger partial charge in [-0.3, -0.25) is 0 Å². The number of alkyl halides is 1. The number of aromatic nitrogens is 2. The second-order valence-electron chi connectivity index (χ2n) is 4.87. The lowest BCUT2D eigenvalue weighted by molar-refractivity contribution is 1.16. The molecule has 3 aromatic rings. The number of hydrogen-bond donors (Lipinski definition) is 2. The number of aryl methyl sites for hydroxylation is 1. The molecule has 0 aliphatic heterocycles. The van der Waals surface area contributed by atoms with Crippen molar-refractivity contribution in [1.29, 1.82) is 0 Å². The fourth-order valence-corrected chi connectivity index (χ4v) is 4.15. The molecule has 3 nitrogen and oxygen atoms in total. The van der Waals surface area contributed by atoms with E-state index in [1.807, 2.05) is 12.1 Å². The summed E-state index contributed by atoms with van der Waals surface area (Å²) in [7, 11) is 0. The van der Waals surface area contributed by atoms with Gasteiger partial charge in [-0.05, 0) is 41.8 Å². The molecule has 0 aliphatic carbocycles. The Kier molecular flexibility index (Phi) is 4.12. The van der Waals surface area contributed by atoms with Crippen molar-refractivity contribution in [2.45, 2.75) is 11.8 Å². The Morgan fingerprint density at radius 2 is 1.67 bits per heavy atom. The van der Waals surface area contributed by atoms with E-state index in [0.717, 1.165) is 31.1 Å². The Hall–Kier alpha value is -0.850. The molecular weight excluding hydrogens is 464 g/mol. The van der Waals surface area contributed by atoms with Gasteiger partial charge in [0.1, 0.15) is 0 Å². The van der Waals surface area contributed by atoms with Gasteiger partial charge in [-0.15, -0.1) is 0 Å². The third kappa shape index (κ3) is 2.89. The van der Waals surface area contributed by atoms with E-state index >= 15 is 0 Å². The smallest absolute Gasteiger partial charge is 0.306 e. The highest BCUT2D eigenvalue weighted by atomic mass is 79.9. The summed E-state index contributed by atoms with van der Waals surface area (Å²) in [4.78, 5) is 17.0. The van der Waals surface area contributed by atoms with Gasteiger partial charge >= 0.3 is 5.69 Å². The molecule has 1 atom stereocenters. The van der Waals surface area contributed by atoms with Gasteiger partial charge in [0, 0.05) is 8.95 Å². The van der Waals surface area contributed by atoms with E-state index in [9.17, 15) is 4.79 Å². The summed E-state index contributed by atoms with van der Waals surface area (Å²) in [5.74, 6) is 0. The van der Waals surface area contributed by atoms with E-state index in [0.29, 0.717) is 0 Å². The van der Waals surface area contributed by atoms with Crippen molar-refractivity contribution in [1.82, 2.24) is 9.97 Å². The third-order valence-electron chi connectivity index (χ3n) is 3.39. The number of benzene rings is 2.